The normalized spacial score (nSPS) is 16.3. The first-order valence-electron chi connectivity index (χ1n) is 16.6. The Balaban J connectivity index is 1.46. The number of aromatic hydroxyl groups is 1. The van der Waals surface area contributed by atoms with E-state index in [4.69, 9.17) is 5.73 Å². The molecule has 9 N–H and O–H groups in total. The molecular weight excluding hydrogens is 660 g/mol. The van der Waals surface area contributed by atoms with Crippen molar-refractivity contribution in [3.63, 3.8) is 0 Å². The summed E-state index contributed by atoms with van der Waals surface area (Å²) in [6, 6.07) is 7.89. The molecule has 51 heavy (non-hydrogen) atoms. The lowest BCUT2D eigenvalue weighted by molar-refractivity contribution is -0.142. The number of benzene rings is 2. The molecule has 1 aromatic heterocycles. The minimum absolute atomic E-state index is 0.00685. The summed E-state index contributed by atoms with van der Waals surface area (Å²) < 4.78 is 0. The Morgan fingerprint density at radius 2 is 1.55 bits per heavy atom. The monoisotopic (exact) mass is 704 g/mol. The van der Waals surface area contributed by atoms with Crippen molar-refractivity contribution in [1.82, 2.24) is 36.5 Å². The Hall–Kier alpha value is -5.93. The van der Waals surface area contributed by atoms with Gasteiger partial charge in [-0.15, -0.1) is 0 Å². The SMILES string of the molecule is CNC(=O)[C@H](CC(N)=O)NC(=O)[C@H](Cc1ccc(O)cc1)NC(=O)[C@H]1CCCN1C(=O)[C@H](C)NC(=O)[C@H](Cc1c[nH]c2ccccc12)NC(C)=O. The average molecular weight is 705 g/mol. The van der Waals surface area contributed by atoms with E-state index < -0.39 is 78.0 Å². The number of carbonyl (C=O) groups is 7. The largest absolute Gasteiger partial charge is 0.508 e. The van der Waals surface area contributed by atoms with Gasteiger partial charge >= 0.3 is 0 Å². The van der Waals surface area contributed by atoms with E-state index in [2.05, 4.69) is 31.6 Å². The van der Waals surface area contributed by atoms with E-state index >= 15 is 0 Å². The number of aromatic amines is 1. The third-order valence-corrected chi connectivity index (χ3v) is 8.65. The van der Waals surface area contributed by atoms with Gasteiger partial charge in [0.1, 0.15) is 36.0 Å². The molecule has 1 aliphatic rings. The number of nitrogens with one attached hydrogen (secondary N) is 6. The van der Waals surface area contributed by atoms with Crippen molar-refractivity contribution in [2.24, 2.45) is 5.73 Å². The molecule has 1 saturated heterocycles. The molecule has 2 heterocycles. The number of nitrogens with two attached hydrogens (primary N) is 1. The lowest BCUT2D eigenvalue weighted by Gasteiger charge is -2.29. The topological polar surface area (TPSA) is 245 Å². The first-order chi connectivity index (χ1) is 24.3. The van der Waals surface area contributed by atoms with Gasteiger partial charge in [-0.1, -0.05) is 30.3 Å². The van der Waals surface area contributed by atoms with Crippen LogP contribution in [0.15, 0.2) is 54.7 Å². The number of aromatic nitrogens is 1. The summed E-state index contributed by atoms with van der Waals surface area (Å²) in [5.74, 6) is -4.45. The van der Waals surface area contributed by atoms with Gasteiger partial charge in [-0.3, -0.25) is 33.6 Å². The van der Waals surface area contributed by atoms with Crippen LogP contribution in [0.1, 0.15) is 44.2 Å². The van der Waals surface area contributed by atoms with Crippen LogP contribution in [0.4, 0.5) is 0 Å². The number of nitrogens with zero attached hydrogens (tertiary/aromatic N) is 1. The smallest absolute Gasteiger partial charge is 0.245 e. The standard InChI is InChI=1S/C35H44N8O8/c1-19(39-32(48)27(40-20(2)44)16-22-18-38-25-8-5-4-7-24(22)25)35(51)43-14-6-9-29(43)34(50)42-26(15-21-10-12-23(45)13-11-21)33(49)41-28(17-30(36)46)31(47)37-3/h4-5,7-8,10-13,18-19,26-29,38,45H,6,9,14-17H2,1-3H3,(H2,36,46)(H,37,47)(H,39,48)(H,40,44)(H,41,49)(H,42,50)/t19-,26-,27-,28-,29+/m0/s1. The number of para-hydroxylation sites is 1. The van der Waals surface area contributed by atoms with Gasteiger partial charge in [-0.2, -0.15) is 0 Å². The second-order valence-corrected chi connectivity index (χ2v) is 12.5. The Kier molecular flexibility index (Phi) is 12.7. The highest BCUT2D eigenvalue weighted by molar-refractivity contribution is 5.97. The number of carbonyl (C=O) groups excluding carboxylic acids is 7. The molecule has 0 radical (unpaired) electrons. The molecular formula is C35H44N8O8. The zero-order chi connectivity index (χ0) is 37.2. The van der Waals surface area contributed by atoms with Crippen LogP contribution in [0.5, 0.6) is 5.75 Å². The molecule has 1 fully saturated rings. The number of hydrogen-bond acceptors (Lipinski definition) is 8. The van der Waals surface area contributed by atoms with Gasteiger partial charge in [0.25, 0.3) is 0 Å². The molecule has 16 nitrogen and oxygen atoms in total. The second kappa shape index (κ2) is 17.1. The maximum Gasteiger partial charge on any atom is 0.245 e. The molecule has 0 spiro atoms. The molecule has 0 saturated carbocycles. The molecule has 2 aromatic carbocycles. The fourth-order valence-corrected chi connectivity index (χ4v) is 6.10. The van der Waals surface area contributed by atoms with Crippen LogP contribution in [0.3, 0.4) is 0 Å². The highest BCUT2D eigenvalue weighted by Crippen LogP contribution is 2.21. The Bertz CT molecular complexity index is 1770. The van der Waals surface area contributed by atoms with E-state index in [-0.39, 0.29) is 31.6 Å². The van der Waals surface area contributed by atoms with E-state index in [0.29, 0.717) is 12.0 Å². The summed E-state index contributed by atoms with van der Waals surface area (Å²) >= 11 is 0. The van der Waals surface area contributed by atoms with Crippen LogP contribution in [-0.2, 0) is 46.4 Å². The maximum atomic E-state index is 13.7. The van der Waals surface area contributed by atoms with E-state index in [9.17, 15) is 38.7 Å². The van der Waals surface area contributed by atoms with E-state index in [0.717, 1.165) is 16.5 Å². The highest BCUT2D eigenvalue weighted by atomic mass is 16.3. The Morgan fingerprint density at radius 3 is 2.22 bits per heavy atom. The van der Waals surface area contributed by atoms with Crippen molar-refractivity contribution in [1.29, 1.82) is 0 Å². The van der Waals surface area contributed by atoms with Gasteiger partial charge in [0.05, 0.1) is 6.42 Å². The molecule has 7 amide bonds. The predicted octanol–water partition coefficient (Wildman–Crippen LogP) is -0.750. The summed E-state index contributed by atoms with van der Waals surface area (Å²) in [4.78, 5) is 94.8. The summed E-state index contributed by atoms with van der Waals surface area (Å²) in [7, 11) is 1.33. The van der Waals surface area contributed by atoms with Gasteiger partial charge in [-0.05, 0) is 49.1 Å². The van der Waals surface area contributed by atoms with Crippen LogP contribution >= 0.6 is 0 Å². The fraction of sp³-hybridized carbons (Fsp3) is 0.400. The summed E-state index contributed by atoms with van der Waals surface area (Å²) in [6.45, 7) is 3.00. The minimum atomic E-state index is -1.30. The van der Waals surface area contributed by atoms with Crippen molar-refractivity contribution in [3.05, 3.63) is 65.9 Å². The lowest BCUT2D eigenvalue weighted by atomic mass is 10.0. The van der Waals surface area contributed by atoms with Gasteiger partial charge in [0, 0.05) is 50.5 Å². The van der Waals surface area contributed by atoms with E-state index in [1.807, 2.05) is 24.3 Å². The number of primary amides is 1. The molecule has 4 rings (SSSR count). The number of amides is 7. The highest BCUT2D eigenvalue weighted by Gasteiger charge is 2.39. The average Bonchev–Trinajstić information content (AvgIpc) is 3.75. The summed E-state index contributed by atoms with van der Waals surface area (Å²) in [5.41, 5.74) is 7.52. The minimum Gasteiger partial charge on any atom is -0.508 e. The third kappa shape index (κ3) is 10.1. The van der Waals surface area contributed by atoms with Gasteiger partial charge in [0.2, 0.25) is 41.4 Å². The van der Waals surface area contributed by atoms with Crippen LogP contribution < -0.4 is 32.3 Å². The van der Waals surface area contributed by atoms with Crippen LogP contribution in [-0.4, -0.2) is 100 Å². The van der Waals surface area contributed by atoms with Crippen molar-refractivity contribution < 1.29 is 38.7 Å². The zero-order valence-corrected chi connectivity index (χ0v) is 28.7. The quantitative estimate of drug-likeness (QED) is 0.0998. The van der Waals surface area contributed by atoms with Crippen molar-refractivity contribution in [3.8, 4) is 5.75 Å². The number of H-pyrrole nitrogens is 1. The number of rotatable bonds is 15. The molecule has 0 bridgehead atoms. The Labute approximate surface area is 294 Å². The molecule has 3 aromatic rings. The van der Waals surface area contributed by atoms with Crippen molar-refractivity contribution in [2.75, 3.05) is 13.6 Å². The number of likely N-dealkylation sites (tertiary alicyclic amines) is 1. The summed E-state index contributed by atoms with van der Waals surface area (Å²) in [6.07, 6.45) is 2.15. The van der Waals surface area contributed by atoms with Crippen LogP contribution in [0.2, 0.25) is 0 Å². The molecule has 16 heteroatoms. The molecule has 5 atom stereocenters. The number of fused-ring (bicyclic) bond motifs is 1. The van der Waals surface area contributed by atoms with Crippen molar-refractivity contribution >= 4 is 52.3 Å². The molecule has 0 aliphatic carbocycles. The lowest BCUT2D eigenvalue weighted by Crippen LogP contribution is -2.59. The van der Waals surface area contributed by atoms with Gasteiger partial charge < -0.3 is 47.3 Å². The number of phenolic OH excluding ortho intramolecular Hbond substituents is 1. The Morgan fingerprint density at radius 1 is 0.882 bits per heavy atom. The van der Waals surface area contributed by atoms with E-state index in [1.54, 1.807) is 18.3 Å². The second-order valence-electron chi connectivity index (χ2n) is 12.5. The molecule has 272 valence electrons. The number of phenols is 1. The fourth-order valence-electron chi connectivity index (χ4n) is 6.10. The van der Waals surface area contributed by atoms with Gasteiger partial charge in [0.15, 0.2) is 0 Å². The van der Waals surface area contributed by atoms with Gasteiger partial charge in [-0.25, -0.2) is 0 Å². The maximum absolute atomic E-state index is 13.7. The van der Waals surface area contributed by atoms with Crippen molar-refractivity contribution in [2.45, 2.75) is 76.2 Å². The first kappa shape index (κ1) is 37.9. The zero-order valence-electron chi connectivity index (χ0n) is 28.7. The number of likely N-dealkylation sites (N-methyl/N-ethyl adjacent to an activating group) is 1. The van der Waals surface area contributed by atoms with Crippen LogP contribution in [0, 0.1) is 0 Å². The predicted molar refractivity (Wildman–Crippen MR) is 185 cm³/mol. The molecule has 1 aliphatic heterocycles. The summed E-state index contributed by atoms with van der Waals surface area (Å²) in [5, 5.41) is 23.5. The van der Waals surface area contributed by atoms with E-state index in [1.165, 1.54) is 37.9 Å². The first-order valence-corrected chi connectivity index (χ1v) is 16.6. The number of hydrogen-bond donors (Lipinski definition) is 8. The van der Waals surface area contributed by atoms with Crippen LogP contribution in [0.25, 0.3) is 10.9 Å². The third-order valence-electron chi connectivity index (χ3n) is 8.65. The molecule has 0 unspecified atom stereocenters.